The Morgan fingerprint density at radius 1 is 1.67 bits per heavy atom. The molecule has 0 unspecified atom stereocenters. The van der Waals surface area contributed by atoms with E-state index in [0.29, 0.717) is 6.79 Å². The number of methoxy groups -OCH3 is 1. The standard InChI is InChI=1S/C7H10O2/c1-8-6-9-7-4-2-3-5-7/h2-4H,5-6H2,1H3. The predicted molar refractivity (Wildman–Crippen MR) is 34.8 cm³/mol. The lowest BCUT2D eigenvalue weighted by Crippen LogP contribution is -1.93. The van der Waals surface area contributed by atoms with Gasteiger partial charge in [-0.25, -0.2) is 0 Å². The van der Waals surface area contributed by atoms with E-state index in [0.717, 1.165) is 12.2 Å². The molecule has 1 aliphatic carbocycles. The van der Waals surface area contributed by atoms with Crippen LogP contribution in [0.1, 0.15) is 6.42 Å². The Morgan fingerprint density at radius 2 is 2.56 bits per heavy atom. The van der Waals surface area contributed by atoms with Gasteiger partial charge in [0.25, 0.3) is 0 Å². The first kappa shape index (κ1) is 6.36. The molecule has 0 radical (unpaired) electrons. The Bertz CT molecular complexity index is 136. The first-order chi connectivity index (χ1) is 4.43. The topological polar surface area (TPSA) is 18.5 Å². The highest BCUT2D eigenvalue weighted by atomic mass is 16.7. The monoisotopic (exact) mass is 126 g/mol. The lowest BCUT2D eigenvalue weighted by molar-refractivity contribution is 0.00455. The van der Waals surface area contributed by atoms with Gasteiger partial charge in [-0.3, -0.25) is 0 Å². The molecule has 0 fully saturated rings. The van der Waals surface area contributed by atoms with Crippen LogP contribution < -0.4 is 0 Å². The molecular formula is C7H10O2. The van der Waals surface area contributed by atoms with Crippen molar-refractivity contribution in [2.45, 2.75) is 6.42 Å². The van der Waals surface area contributed by atoms with Crippen LogP contribution in [0.15, 0.2) is 24.0 Å². The zero-order valence-electron chi connectivity index (χ0n) is 5.46. The van der Waals surface area contributed by atoms with Gasteiger partial charge in [0.1, 0.15) is 5.76 Å². The average Bonchev–Trinajstić information content (AvgIpc) is 2.34. The maximum atomic E-state index is 5.13. The van der Waals surface area contributed by atoms with Gasteiger partial charge in [-0.1, -0.05) is 12.2 Å². The summed E-state index contributed by atoms with van der Waals surface area (Å²) in [4.78, 5) is 0. The minimum absolute atomic E-state index is 0.355. The van der Waals surface area contributed by atoms with Crippen LogP contribution in [0.3, 0.4) is 0 Å². The lowest BCUT2D eigenvalue weighted by atomic mass is 10.4. The Hall–Kier alpha value is -0.760. The molecule has 2 heteroatoms. The fraction of sp³-hybridized carbons (Fsp3) is 0.429. The van der Waals surface area contributed by atoms with E-state index >= 15 is 0 Å². The quantitative estimate of drug-likeness (QED) is 0.533. The van der Waals surface area contributed by atoms with Crippen LogP contribution >= 0.6 is 0 Å². The molecular weight excluding hydrogens is 116 g/mol. The van der Waals surface area contributed by atoms with Crippen LogP contribution in [0.4, 0.5) is 0 Å². The van der Waals surface area contributed by atoms with Crippen molar-refractivity contribution < 1.29 is 9.47 Å². The average molecular weight is 126 g/mol. The summed E-state index contributed by atoms with van der Waals surface area (Å²) in [5.74, 6) is 0.983. The summed E-state index contributed by atoms with van der Waals surface area (Å²) in [5.41, 5.74) is 0. The van der Waals surface area contributed by atoms with E-state index in [-0.39, 0.29) is 0 Å². The first-order valence-corrected chi connectivity index (χ1v) is 2.91. The summed E-state index contributed by atoms with van der Waals surface area (Å²) >= 11 is 0. The van der Waals surface area contributed by atoms with Crippen molar-refractivity contribution in [2.75, 3.05) is 13.9 Å². The lowest BCUT2D eigenvalue weighted by Gasteiger charge is -2.02. The van der Waals surface area contributed by atoms with E-state index in [9.17, 15) is 0 Å². The zero-order valence-corrected chi connectivity index (χ0v) is 5.46. The number of hydrogen-bond acceptors (Lipinski definition) is 2. The summed E-state index contributed by atoms with van der Waals surface area (Å²) in [7, 11) is 1.61. The van der Waals surface area contributed by atoms with Gasteiger partial charge in [0.2, 0.25) is 0 Å². The third-order valence-electron chi connectivity index (χ3n) is 1.10. The van der Waals surface area contributed by atoms with Crippen molar-refractivity contribution in [3.63, 3.8) is 0 Å². The van der Waals surface area contributed by atoms with Crippen molar-refractivity contribution in [3.8, 4) is 0 Å². The molecule has 2 nitrogen and oxygen atoms in total. The van der Waals surface area contributed by atoms with Crippen LogP contribution in [0.5, 0.6) is 0 Å². The minimum Gasteiger partial charge on any atom is -0.472 e. The van der Waals surface area contributed by atoms with Crippen LogP contribution in [0, 0.1) is 0 Å². The molecule has 0 atom stereocenters. The molecule has 0 saturated heterocycles. The second kappa shape index (κ2) is 3.30. The Labute approximate surface area is 54.8 Å². The zero-order chi connectivity index (χ0) is 6.53. The van der Waals surface area contributed by atoms with Gasteiger partial charge < -0.3 is 9.47 Å². The van der Waals surface area contributed by atoms with Crippen LogP contribution in [0.2, 0.25) is 0 Å². The summed E-state index contributed by atoms with van der Waals surface area (Å²) < 4.78 is 9.84. The molecule has 0 heterocycles. The van der Waals surface area contributed by atoms with Gasteiger partial charge in [-0.15, -0.1) is 0 Å². The highest BCUT2D eigenvalue weighted by Crippen LogP contribution is 2.10. The third kappa shape index (κ3) is 1.90. The minimum atomic E-state index is 0.355. The van der Waals surface area contributed by atoms with Crippen LogP contribution in [0.25, 0.3) is 0 Å². The molecule has 0 bridgehead atoms. The highest BCUT2D eigenvalue weighted by Gasteiger charge is 1.97. The van der Waals surface area contributed by atoms with Gasteiger partial charge in [0, 0.05) is 13.5 Å². The number of hydrogen-bond donors (Lipinski definition) is 0. The summed E-state index contributed by atoms with van der Waals surface area (Å²) in [6.45, 7) is 0.355. The maximum Gasteiger partial charge on any atom is 0.188 e. The number of rotatable bonds is 3. The fourth-order valence-electron chi connectivity index (χ4n) is 0.669. The van der Waals surface area contributed by atoms with Crippen LogP contribution in [-0.4, -0.2) is 13.9 Å². The van der Waals surface area contributed by atoms with Gasteiger partial charge in [-0.2, -0.15) is 0 Å². The molecule has 9 heavy (non-hydrogen) atoms. The molecule has 1 aliphatic rings. The molecule has 0 aliphatic heterocycles. The number of allylic oxidation sites excluding steroid dienone is 3. The smallest absolute Gasteiger partial charge is 0.188 e. The summed E-state index contributed by atoms with van der Waals surface area (Å²) in [5, 5.41) is 0. The predicted octanol–water partition coefficient (Wildman–Crippen LogP) is 1.45. The van der Waals surface area contributed by atoms with E-state index < -0.39 is 0 Å². The van der Waals surface area contributed by atoms with E-state index in [1.165, 1.54) is 0 Å². The molecule has 0 spiro atoms. The van der Waals surface area contributed by atoms with Crippen molar-refractivity contribution in [3.05, 3.63) is 24.0 Å². The van der Waals surface area contributed by atoms with Crippen molar-refractivity contribution in [1.29, 1.82) is 0 Å². The van der Waals surface area contributed by atoms with Crippen LogP contribution in [-0.2, 0) is 9.47 Å². The summed E-state index contributed by atoms with van der Waals surface area (Å²) in [6, 6.07) is 0. The van der Waals surface area contributed by atoms with Gasteiger partial charge in [-0.05, 0) is 6.08 Å². The van der Waals surface area contributed by atoms with Crippen molar-refractivity contribution >= 4 is 0 Å². The SMILES string of the molecule is COCOC1=CC=CC1. The van der Waals surface area contributed by atoms with Crippen molar-refractivity contribution in [1.82, 2.24) is 0 Å². The van der Waals surface area contributed by atoms with E-state index in [2.05, 4.69) is 0 Å². The Balaban J connectivity index is 2.14. The van der Waals surface area contributed by atoms with Gasteiger partial charge in [0.15, 0.2) is 6.79 Å². The van der Waals surface area contributed by atoms with E-state index in [1.807, 2.05) is 18.2 Å². The normalized spacial score (nSPS) is 15.9. The largest absolute Gasteiger partial charge is 0.472 e. The molecule has 0 amide bonds. The second-order valence-electron chi connectivity index (χ2n) is 1.82. The molecule has 50 valence electrons. The Morgan fingerprint density at radius 3 is 3.11 bits per heavy atom. The fourth-order valence-corrected chi connectivity index (χ4v) is 0.669. The van der Waals surface area contributed by atoms with E-state index in [1.54, 1.807) is 7.11 Å². The number of ether oxygens (including phenoxy) is 2. The third-order valence-corrected chi connectivity index (χ3v) is 1.10. The van der Waals surface area contributed by atoms with Crippen molar-refractivity contribution in [2.24, 2.45) is 0 Å². The molecule has 1 rings (SSSR count). The molecule has 0 saturated carbocycles. The van der Waals surface area contributed by atoms with Gasteiger partial charge >= 0.3 is 0 Å². The highest BCUT2D eigenvalue weighted by molar-refractivity contribution is 5.18. The molecule has 0 aromatic rings. The van der Waals surface area contributed by atoms with E-state index in [4.69, 9.17) is 9.47 Å². The molecule has 0 aromatic carbocycles. The maximum absolute atomic E-state index is 5.13. The molecule has 0 aromatic heterocycles. The first-order valence-electron chi connectivity index (χ1n) is 2.91. The second-order valence-corrected chi connectivity index (χ2v) is 1.82. The Kier molecular flexibility index (Phi) is 2.33. The molecule has 0 N–H and O–H groups in total. The van der Waals surface area contributed by atoms with Gasteiger partial charge in [0.05, 0.1) is 0 Å². The summed E-state index contributed by atoms with van der Waals surface area (Å²) in [6.07, 6.45) is 6.87.